The highest BCUT2D eigenvalue weighted by Crippen LogP contribution is 2.31. The number of carbonyl (C=O) groups is 1. The van der Waals surface area contributed by atoms with Crippen LogP contribution in [-0.2, 0) is 4.79 Å². The second-order valence-corrected chi connectivity index (χ2v) is 5.46. The average molecular weight is 292 g/mol. The van der Waals surface area contributed by atoms with Gasteiger partial charge >= 0.3 is 0 Å². The van der Waals surface area contributed by atoms with E-state index in [0.717, 1.165) is 0 Å². The predicted octanol–water partition coefficient (Wildman–Crippen LogP) is 1.22. The number of anilines is 1. The molecule has 1 N–H and O–H groups in total. The van der Waals surface area contributed by atoms with Crippen LogP contribution in [0.5, 0.6) is 0 Å². The first kappa shape index (κ1) is 12.9. The second-order valence-electron chi connectivity index (χ2n) is 4.48. The number of nitrogens with zero attached hydrogens (tertiary/aromatic N) is 3. The summed E-state index contributed by atoms with van der Waals surface area (Å²) in [5.41, 5.74) is -0.130. The first-order chi connectivity index (χ1) is 9.63. The molecule has 7 nitrogen and oxygen atoms in total. The van der Waals surface area contributed by atoms with Gasteiger partial charge in [-0.3, -0.25) is 14.2 Å². The van der Waals surface area contributed by atoms with Crippen molar-refractivity contribution >= 4 is 23.5 Å². The standard InChI is InChI=1S/C12H12N4O3S/c1-7-4-9(15-19-7)14-10(17)5-8-6-20-12-13-3-2-11(18)16(8)12/h2-4,8H,5-6H2,1H3,(H,14,15,17). The van der Waals surface area contributed by atoms with E-state index in [1.165, 1.54) is 24.0 Å². The third-order valence-electron chi connectivity index (χ3n) is 2.93. The van der Waals surface area contributed by atoms with Crippen molar-refractivity contribution in [2.75, 3.05) is 11.1 Å². The fourth-order valence-corrected chi connectivity index (χ4v) is 3.20. The lowest BCUT2D eigenvalue weighted by molar-refractivity contribution is -0.116. The van der Waals surface area contributed by atoms with Gasteiger partial charge in [-0.15, -0.1) is 0 Å². The second kappa shape index (κ2) is 5.12. The molecule has 0 fully saturated rings. The Bertz CT molecular complexity index is 709. The molecular formula is C12H12N4O3S. The molecule has 104 valence electrons. The summed E-state index contributed by atoms with van der Waals surface area (Å²) in [6, 6.07) is 2.87. The van der Waals surface area contributed by atoms with Gasteiger partial charge in [0.2, 0.25) is 5.91 Å². The number of rotatable bonds is 3. The Morgan fingerprint density at radius 1 is 1.65 bits per heavy atom. The van der Waals surface area contributed by atoms with E-state index in [-0.39, 0.29) is 23.9 Å². The van der Waals surface area contributed by atoms with Gasteiger partial charge in [-0.25, -0.2) is 4.98 Å². The van der Waals surface area contributed by atoms with E-state index in [2.05, 4.69) is 15.5 Å². The molecular weight excluding hydrogens is 280 g/mol. The molecule has 0 radical (unpaired) electrons. The van der Waals surface area contributed by atoms with Crippen LogP contribution in [0.15, 0.2) is 32.8 Å². The number of hydrogen-bond acceptors (Lipinski definition) is 6. The summed E-state index contributed by atoms with van der Waals surface area (Å²) in [7, 11) is 0. The van der Waals surface area contributed by atoms with Gasteiger partial charge in [0, 0.05) is 30.5 Å². The minimum Gasteiger partial charge on any atom is -0.360 e. The molecule has 0 saturated carbocycles. The van der Waals surface area contributed by atoms with Crippen LogP contribution in [-0.4, -0.2) is 26.4 Å². The summed E-state index contributed by atoms with van der Waals surface area (Å²) in [6.45, 7) is 1.75. The maximum Gasteiger partial charge on any atom is 0.254 e. The Kier molecular flexibility index (Phi) is 3.31. The largest absolute Gasteiger partial charge is 0.360 e. The maximum absolute atomic E-state index is 12.0. The highest BCUT2D eigenvalue weighted by Gasteiger charge is 2.26. The fourth-order valence-electron chi connectivity index (χ4n) is 2.07. The van der Waals surface area contributed by atoms with Gasteiger partial charge in [0.25, 0.3) is 5.56 Å². The molecule has 1 aliphatic rings. The fraction of sp³-hybridized carbons (Fsp3) is 0.333. The normalized spacial score (nSPS) is 16.9. The summed E-state index contributed by atoms with van der Waals surface area (Å²) in [5.74, 6) is 1.48. The smallest absolute Gasteiger partial charge is 0.254 e. The zero-order valence-electron chi connectivity index (χ0n) is 10.7. The van der Waals surface area contributed by atoms with Crippen LogP contribution in [0.1, 0.15) is 18.2 Å². The van der Waals surface area contributed by atoms with E-state index >= 15 is 0 Å². The highest BCUT2D eigenvalue weighted by molar-refractivity contribution is 7.99. The quantitative estimate of drug-likeness (QED) is 0.855. The highest BCUT2D eigenvalue weighted by atomic mass is 32.2. The minimum absolute atomic E-state index is 0.130. The maximum atomic E-state index is 12.0. The predicted molar refractivity (Wildman–Crippen MR) is 72.7 cm³/mol. The van der Waals surface area contributed by atoms with Crippen molar-refractivity contribution in [2.24, 2.45) is 0 Å². The molecule has 1 amide bonds. The van der Waals surface area contributed by atoms with Crippen molar-refractivity contribution in [1.82, 2.24) is 14.7 Å². The molecule has 20 heavy (non-hydrogen) atoms. The first-order valence-corrected chi connectivity index (χ1v) is 7.05. The van der Waals surface area contributed by atoms with E-state index in [1.807, 2.05) is 0 Å². The van der Waals surface area contributed by atoms with Crippen LogP contribution in [0.3, 0.4) is 0 Å². The zero-order valence-corrected chi connectivity index (χ0v) is 11.5. The van der Waals surface area contributed by atoms with Crippen molar-refractivity contribution < 1.29 is 9.32 Å². The molecule has 0 aromatic carbocycles. The summed E-state index contributed by atoms with van der Waals surface area (Å²) in [6.07, 6.45) is 1.69. The molecule has 1 atom stereocenters. The molecule has 2 aromatic heterocycles. The Balaban J connectivity index is 1.71. The lowest BCUT2D eigenvalue weighted by Gasteiger charge is -2.11. The molecule has 3 heterocycles. The molecule has 3 rings (SSSR count). The van der Waals surface area contributed by atoms with Gasteiger partial charge < -0.3 is 9.84 Å². The van der Waals surface area contributed by atoms with Crippen LogP contribution >= 0.6 is 11.8 Å². The van der Waals surface area contributed by atoms with Crippen LogP contribution in [0.25, 0.3) is 0 Å². The summed E-state index contributed by atoms with van der Waals surface area (Å²) < 4.78 is 6.44. The lowest BCUT2D eigenvalue weighted by Crippen LogP contribution is -2.26. The summed E-state index contributed by atoms with van der Waals surface area (Å²) in [5, 5.41) is 7.01. The molecule has 1 aliphatic heterocycles. The minimum atomic E-state index is -0.201. The Hall–Kier alpha value is -2.09. The number of nitrogens with one attached hydrogen (secondary N) is 1. The van der Waals surface area contributed by atoms with Gasteiger partial charge in [0.15, 0.2) is 11.0 Å². The van der Waals surface area contributed by atoms with E-state index in [4.69, 9.17) is 4.52 Å². The van der Waals surface area contributed by atoms with Crippen molar-refractivity contribution in [3.63, 3.8) is 0 Å². The molecule has 0 spiro atoms. The van der Waals surface area contributed by atoms with Crippen LogP contribution in [0.2, 0.25) is 0 Å². The number of aryl methyl sites for hydroxylation is 1. The van der Waals surface area contributed by atoms with Gasteiger partial charge in [0.05, 0.1) is 6.04 Å². The van der Waals surface area contributed by atoms with Crippen LogP contribution in [0, 0.1) is 6.92 Å². The van der Waals surface area contributed by atoms with Crippen molar-refractivity contribution in [1.29, 1.82) is 0 Å². The molecule has 8 heteroatoms. The SMILES string of the molecule is Cc1cc(NC(=O)CC2CSc3nccc(=O)n32)no1. The van der Waals surface area contributed by atoms with Gasteiger partial charge in [0.1, 0.15) is 5.76 Å². The van der Waals surface area contributed by atoms with Gasteiger partial charge in [-0.05, 0) is 6.92 Å². The number of thioether (sulfide) groups is 1. The molecule has 0 aliphatic carbocycles. The van der Waals surface area contributed by atoms with Crippen LogP contribution in [0.4, 0.5) is 5.82 Å². The van der Waals surface area contributed by atoms with Crippen LogP contribution < -0.4 is 10.9 Å². The lowest BCUT2D eigenvalue weighted by atomic mass is 10.2. The van der Waals surface area contributed by atoms with Gasteiger partial charge in [-0.1, -0.05) is 16.9 Å². The number of amides is 1. The average Bonchev–Trinajstić information content (AvgIpc) is 2.97. The number of aromatic nitrogens is 3. The third kappa shape index (κ3) is 2.46. The molecule has 1 unspecified atom stereocenters. The Morgan fingerprint density at radius 2 is 2.50 bits per heavy atom. The summed E-state index contributed by atoms with van der Waals surface area (Å²) >= 11 is 1.48. The van der Waals surface area contributed by atoms with E-state index < -0.39 is 0 Å². The van der Waals surface area contributed by atoms with Crippen molar-refractivity contribution in [2.45, 2.75) is 24.5 Å². The summed E-state index contributed by atoms with van der Waals surface area (Å²) in [4.78, 5) is 27.9. The monoisotopic (exact) mass is 292 g/mol. The first-order valence-electron chi connectivity index (χ1n) is 6.07. The van der Waals surface area contributed by atoms with E-state index in [9.17, 15) is 9.59 Å². The molecule has 0 bridgehead atoms. The van der Waals surface area contributed by atoms with Crippen molar-refractivity contribution in [3.05, 3.63) is 34.4 Å². The number of hydrogen-bond donors (Lipinski definition) is 1. The molecule has 0 saturated heterocycles. The zero-order chi connectivity index (χ0) is 14.1. The Morgan fingerprint density at radius 3 is 3.25 bits per heavy atom. The topological polar surface area (TPSA) is 90.0 Å². The van der Waals surface area contributed by atoms with Gasteiger partial charge in [-0.2, -0.15) is 0 Å². The van der Waals surface area contributed by atoms with Crippen molar-refractivity contribution in [3.8, 4) is 0 Å². The third-order valence-corrected chi connectivity index (χ3v) is 4.04. The molecule has 2 aromatic rings. The number of carbonyl (C=O) groups excluding carboxylic acids is 1. The number of fused-ring (bicyclic) bond motifs is 1. The Labute approximate surface area is 118 Å². The van der Waals surface area contributed by atoms with E-state index in [0.29, 0.717) is 22.5 Å². The van der Waals surface area contributed by atoms with E-state index in [1.54, 1.807) is 17.6 Å².